The first kappa shape index (κ1) is 30.2. The molecule has 0 N–H and O–H groups in total. The number of amides is 1. The number of rotatable bonds is 9. The zero-order chi connectivity index (χ0) is 30.2. The van der Waals surface area contributed by atoms with Crippen LogP contribution in [-0.4, -0.2) is 59.0 Å². The van der Waals surface area contributed by atoms with Crippen LogP contribution in [0.2, 0.25) is 5.02 Å². The third-order valence-electron chi connectivity index (χ3n) is 6.82. The number of benzene rings is 1. The molecule has 0 spiro atoms. The van der Waals surface area contributed by atoms with Gasteiger partial charge in [-0.2, -0.15) is 13.5 Å². The van der Waals surface area contributed by atoms with Crippen LogP contribution in [0.5, 0.6) is 5.75 Å². The Labute approximate surface area is 247 Å². The summed E-state index contributed by atoms with van der Waals surface area (Å²) in [7, 11) is -3.80. The average Bonchev–Trinajstić information content (AvgIpc) is 3.68. The third kappa shape index (κ3) is 6.70. The maximum atomic E-state index is 13.3. The lowest BCUT2D eigenvalue weighted by Gasteiger charge is -2.31. The number of halogens is 5. The maximum Gasteiger partial charge on any atom is 0.306 e. The topological polar surface area (TPSA) is 116 Å². The molecule has 2 aliphatic heterocycles. The van der Waals surface area contributed by atoms with Gasteiger partial charge in [0.25, 0.3) is 12.9 Å². The molecule has 3 aromatic rings. The third-order valence-corrected chi connectivity index (χ3v) is 8.64. The molecule has 0 aliphatic carbocycles. The lowest BCUT2D eigenvalue weighted by atomic mass is 9.97. The summed E-state index contributed by atoms with van der Waals surface area (Å²) in [5.41, 5.74) is -0.00983. The Balaban J connectivity index is 1.19. The van der Waals surface area contributed by atoms with E-state index < -0.39 is 52.9 Å². The SMILES string of the molecule is CS(=O)(=O)Oc1cccc(Cl)c1[C@@H]1CC(c2csc(C3CCN(C(=O)Cn4nc(C(F)F)cc4C(F)F)CC3)n2)=NO1. The molecular formula is C25H24ClF4N5O5S2. The van der Waals surface area contributed by atoms with Crippen LogP contribution in [0.3, 0.4) is 0 Å². The molecule has 1 amide bonds. The summed E-state index contributed by atoms with van der Waals surface area (Å²) in [5, 5.41) is 10.6. The van der Waals surface area contributed by atoms with Crippen molar-refractivity contribution in [2.24, 2.45) is 5.16 Å². The molecule has 0 saturated carbocycles. The minimum atomic E-state index is -3.80. The summed E-state index contributed by atoms with van der Waals surface area (Å²) < 4.78 is 81.5. The number of aromatic nitrogens is 3. The molecule has 2 aromatic heterocycles. The molecule has 10 nitrogen and oxygen atoms in total. The number of hydrogen-bond acceptors (Lipinski definition) is 9. The van der Waals surface area contributed by atoms with Gasteiger partial charge in [0.1, 0.15) is 23.6 Å². The monoisotopic (exact) mass is 649 g/mol. The van der Waals surface area contributed by atoms with E-state index in [-0.39, 0.29) is 23.1 Å². The fraction of sp³-hybridized carbons (Fsp3) is 0.440. The van der Waals surface area contributed by atoms with E-state index in [1.165, 1.54) is 22.3 Å². The van der Waals surface area contributed by atoms with Gasteiger partial charge in [-0.1, -0.05) is 22.8 Å². The molecule has 0 unspecified atom stereocenters. The van der Waals surface area contributed by atoms with Gasteiger partial charge in [0.15, 0.2) is 11.9 Å². The van der Waals surface area contributed by atoms with E-state index in [0.717, 1.165) is 11.3 Å². The van der Waals surface area contributed by atoms with E-state index in [9.17, 15) is 30.8 Å². The van der Waals surface area contributed by atoms with Gasteiger partial charge in [0.05, 0.1) is 27.5 Å². The summed E-state index contributed by atoms with van der Waals surface area (Å²) in [4.78, 5) is 24.5. The predicted molar refractivity (Wildman–Crippen MR) is 145 cm³/mol. The van der Waals surface area contributed by atoms with Crippen LogP contribution in [0.4, 0.5) is 17.6 Å². The van der Waals surface area contributed by atoms with E-state index in [0.29, 0.717) is 53.6 Å². The van der Waals surface area contributed by atoms with Gasteiger partial charge in [0.2, 0.25) is 5.91 Å². The second-order valence-electron chi connectivity index (χ2n) is 9.75. The summed E-state index contributed by atoms with van der Waals surface area (Å²) in [6.45, 7) is 0.127. The van der Waals surface area contributed by atoms with Gasteiger partial charge in [-0.3, -0.25) is 9.48 Å². The van der Waals surface area contributed by atoms with Crippen molar-refractivity contribution in [3.8, 4) is 5.75 Å². The molecule has 42 heavy (non-hydrogen) atoms. The molecule has 4 heterocycles. The van der Waals surface area contributed by atoms with Gasteiger partial charge < -0.3 is 13.9 Å². The second kappa shape index (κ2) is 12.2. The van der Waals surface area contributed by atoms with Gasteiger partial charge in [0, 0.05) is 30.8 Å². The number of hydrogen-bond donors (Lipinski definition) is 0. The molecule has 1 atom stereocenters. The van der Waals surface area contributed by atoms with Crippen molar-refractivity contribution in [1.82, 2.24) is 19.7 Å². The second-order valence-corrected chi connectivity index (χ2v) is 12.6. The number of likely N-dealkylation sites (tertiary alicyclic amines) is 1. The minimum Gasteiger partial charge on any atom is -0.387 e. The van der Waals surface area contributed by atoms with Crippen LogP contribution in [-0.2, 0) is 26.3 Å². The van der Waals surface area contributed by atoms with Crippen molar-refractivity contribution in [3.05, 3.63) is 62.3 Å². The van der Waals surface area contributed by atoms with Crippen molar-refractivity contribution in [3.63, 3.8) is 0 Å². The maximum absolute atomic E-state index is 13.3. The number of thiazole rings is 1. The van der Waals surface area contributed by atoms with Gasteiger partial charge in [-0.05, 0) is 31.0 Å². The van der Waals surface area contributed by atoms with Crippen molar-refractivity contribution >= 4 is 44.7 Å². The smallest absolute Gasteiger partial charge is 0.306 e. The Hall–Kier alpha value is -3.24. The fourth-order valence-corrected chi connectivity index (χ4v) is 6.58. The highest BCUT2D eigenvalue weighted by Crippen LogP contribution is 2.40. The molecule has 0 bridgehead atoms. The molecule has 1 fully saturated rings. The quantitative estimate of drug-likeness (QED) is 0.223. The first-order chi connectivity index (χ1) is 19.9. The van der Waals surface area contributed by atoms with Crippen LogP contribution >= 0.6 is 22.9 Å². The highest BCUT2D eigenvalue weighted by Gasteiger charge is 2.32. The van der Waals surface area contributed by atoms with Crippen molar-refractivity contribution < 1.29 is 39.8 Å². The number of oxime groups is 1. The van der Waals surface area contributed by atoms with Crippen LogP contribution in [0.1, 0.15) is 71.8 Å². The van der Waals surface area contributed by atoms with Crippen LogP contribution < -0.4 is 4.18 Å². The standard InChI is InChI=1S/C25H24ClF4N5O5S2/c1-42(37,38)40-19-4-2-3-14(26)22(19)20-10-15(33-39-20)17-12-41-25(31-17)13-5-7-34(8-6-13)21(36)11-35-18(24(29)30)9-16(32-35)23(27)28/h2-4,9,12-13,20,23-24H,5-8,10-11H2,1H3/t20-/m0/s1. The number of carbonyl (C=O) groups excluding carboxylic acids is 1. The summed E-state index contributed by atoms with van der Waals surface area (Å²) in [6.07, 6.45) is -4.39. The van der Waals surface area contributed by atoms with Gasteiger partial charge >= 0.3 is 10.1 Å². The van der Waals surface area contributed by atoms with Gasteiger partial charge in [-0.15, -0.1) is 11.3 Å². The minimum absolute atomic E-state index is 0.0385. The van der Waals surface area contributed by atoms with Gasteiger partial charge in [-0.25, -0.2) is 22.5 Å². The van der Waals surface area contributed by atoms with E-state index in [2.05, 4.69) is 10.3 Å². The van der Waals surface area contributed by atoms with Crippen LogP contribution in [0, 0.1) is 0 Å². The molecule has 17 heteroatoms. The van der Waals surface area contributed by atoms with Crippen LogP contribution in [0.15, 0.2) is 34.8 Å². The average molecular weight is 650 g/mol. The molecule has 5 rings (SSSR count). The lowest BCUT2D eigenvalue weighted by Crippen LogP contribution is -2.40. The first-order valence-corrected chi connectivity index (χ1v) is 15.7. The van der Waals surface area contributed by atoms with E-state index in [4.69, 9.17) is 25.6 Å². The lowest BCUT2D eigenvalue weighted by molar-refractivity contribution is -0.133. The summed E-state index contributed by atoms with van der Waals surface area (Å²) >= 11 is 7.76. The molecule has 1 saturated heterocycles. The molecule has 1 aromatic carbocycles. The normalized spacial score (nSPS) is 18.0. The predicted octanol–water partition coefficient (Wildman–Crippen LogP) is 5.48. The van der Waals surface area contributed by atoms with Crippen molar-refractivity contribution in [2.75, 3.05) is 19.3 Å². The van der Waals surface area contributed by atoms with E-state index in [1.54, 1.807) is 12.1 Å². The Morgan fingerprint density at radius 1 is 1.21 bits per heavy atom. The highest BCUT2D eigenvalue weighted by molar-refractivity contribution is 7.86. The summed E-state index contributed by atoms with van der Waals surface area (Å²) in [5.74, 6) is -0.392. The number of nitrogens with zero attached hydrogens (tertiary/aromatic N) is 5. The molecule has 226 valence electrons. The van der Waals surface area contributed by atoms with Crippen LogP contribution in [0.25, 0.3) is 0 Å². The Morgan fingerprint density at radius 3 is 2.62 bits per heavy atom. The zero-order valence-corrected chi connectivity index (χ0v) is 24.3. The zero-order valence-electron chi connectivity index (χ0n) is 21.9. The summed E-state index contributed by atoms with van der Waals surface area (Å²) in [6, 6.07) is 5.26. The van der Waals surface area contributed by atoms with E-state index in [1.807, 2.05) is 5.38 Å². The molecular weight excluding hydrogens is 626 g/mol. The highest BCUT2D eigenvalue weighted by atomic mass is 35.5. The number of alkyl halides is 4. The largest absolute Gasteiger partial charge is 0.387 e. The fourth-order valence-electron chi connectivity index (χ4n) is 4.82. The first-order valence-electron chi connectivity index (χ1n) is 12.7. The number of carbonyl (C=O) groups is 1. The molecule has 0 radical (unpaired) electrons. The Bertz CT molecular complexity index is 1610. The van der Waals surface area contributed by atoms with Crippen molar-refractivity contribution in [1.29, 1.82) is 0 Å². The van der Waals surface area contributed by atoms with Crippen molar-refractivity contribution in [2.45, 2.75) is 50.7 Å². The Kier molecular flexibility index (Phi) is 8.76. The Morgan fingerprint density at radius 2 is 1.95 bits per heavy atom. The number of piperidine rings is 1. The molecule has 2 aliphatic rings. The van der Waals surface area contributed by atoms with E-state index >= 15 is 0 Å².